The van der Waals surface area contributed by atoms with E-state index in [1.165, 1.54) is 11.3 Å². The molecule has 0 amide bonds. The van der Waals surface area contributed by atoms with Crippen LogP contribution in [0.15, 0.2) is 34.8 Å². The second kappa shape index (κ2) is 4.69. The zero-order valence-electron chi connectivity index (χ0n) is 8.53. The summed E-state index contributed by atoms with van der Waals surface area (Å²) in [6.45, 7) is 0. The van der Waals surface area contributed by atoms with Crippen LogP contribution in [-0.4, -0.2) is 7.11 Å². The summed E-state index contributed by atoms with van der Waals surface area (Å²) in [6, 6.07) is 11.9. The van der Waals surface area contributed by atoms with Gasteiger partial charge in [0.2, 0.25) is 0 Å². The molecular formula is C12H8BrNOS. The predicted octanol–water partition coefficient (Wildman–Crippen LogP) is 4.06. The first-order valence-corrected chi connectivity index (χ1v) is 6.20. The number of nitriles is 1. The van der Waals surface area contributed by atoms with Crippen LogP contribution in [0.3, 0.4) is 0 Å². The molecule has 1 heterocycles. The summed E-state index contributed by atoms with van der Waals surface area (Å²) in [7, 11) is 1.65. The largest absolute Gasteiger partial charge is 0.496 e. The summed E-state index contributed by atoms with van der Waals surface area (Å²) in [5.74, 6) is 0.820. The van der Waals surface area contributed by atoms with Gasteiger partial charge < -0.3 is 4.74 Å². The van der Waals surface area contributed by atoms with E-state index >= 15 is 0 Å². The number of hydrogen-bond acceptors (Lipinski definition) is 3. The zero-order valence-corrected chi connectivity index (χ0v) is 10.9. The van der Waals surface area contributed by atoms with Crippen molar-refractivity contribution in [1.82, 2.24) is 0 Å². The summed E-state index contributed by atoms with van der Waals surface area (Å²) >= 11 is 4.82. The first-order chi connectivity index (χ1) is 7.76. The van der Waals surface area contributed by atoms with Crippen LogP contribution in [0.25, 0.3) is 10.4 Å². The van der Waals surface area contributed by atoms with Crippen LogP contribution in [0.5, 0.6) is 5.75 Å². The van der Waals surface area contributed by atoms with Gasteiger partial charge in [-0.2, -0.15) is 5.26 Å². The van der Waals surface area contributed by atoms with E-state index in [-0.39, 0.29) is 0 Å². The lowest BCUT2D eigenvalue weighted by atomic mass is 10.1. The Labute approximate surface area is 106 Å². The average Bonchev–Trinajstić information content (AvgIpc) is 2.70. The highest BCUT2D eigenvalue weighted by Crippen LogP contribution is 2.38. The Morgan fingerprint density at radius 1 is 1.38 bits per heavy atom. The quantitative estimate of drug-likeness (QED) is 0.837. The molecule has 2 rings (SSSR count). The van der Waals surface area contributed by atoms with Crippen molar-refractivity contribution in [2.45, 2.75) is 0 Å². The minimum absolute atomic E-state index is 0.681. The van der Waals surface area contributed by atoms with Crippen molar-refractivity contribution in [2.24, 2.45) is 0 Å². The standard InChI is InChI=1S/C12H8BrNOS/c1-15-10-5-3-2-4-8(10)11-6-9(13)12(7-14)16-11/h2-6H,1H3. The van der Waals surface area contributed by atoms with Gasteiger partial charge >= 0.3 is 0 Å². The molecule has 1 aromatic carbocycles. The van der Waals surface area contributed by atoms with Crippen molar-refractivity contribution in [3.63, 3.8) is 0 Å². The molecule has 0 saturated heterocycles. The van der Waals surface area contributed by atoms with Crippen LogP contribution in [-0.2, 0) is 0 Å². The third kappa shape index (κ3) is 1.97. The molecule has 0 N–H and O–H groups in total. The van der Waals surface area contributed by atoms with Crippen molar-refractivity contribution in [1.29, 1.82) is 5.26 Å². The Hall–Kier alpha value is -1.31. The van der Waals surface area contributed by atoms with Crippen LogP contribution >= 0.6 is 27.3 Å². The van der Waals surface area contributed by atoms with Gasteiger partial charge in [0.15, 0.2) is 0 Å². The Balaban J connectivity index is 2.55. The van der Waals surface area contributed by atoms with E-state index in [1.54, 1.807) is 7.11 Å². The Kier molecular flexibility index (Phi) is 3.28. The maximum absolute atomic E-state index is 8.90. The summed E-state index contributed by atoms with van der Waals surface area (Å²) in [6.07, 6.45) is 0. The number of para-hydroxylation sites is 1. The van der Waals surface area contributed by atoms with E-state index in [4.69, 9.17) is 10.00 Å². The molecule has 1 aromatic heterocycles. The van der Waals surface area contributed by atoms with Crippen molar-refractivity contribution in [2.75, 3.05) is 7.11 Å². The number of methoxy groups -OCH3 is 1. The first kappa shape index (κ1) is 11.2. The molecule has 16 heavy (non-hydrogen) atoms. The molecule has 0 atom stereocenters. The summed E-state index contributed by atoms with van der Waals surface area (Å²) < 4.78 is 6.13. The monoisotopic (exact) mass is 293 g/mol. The molecule has 0 aliphatic rings. The van der Waals surface area contributed by atoms with Gasteiger partial charge in [0.05, 0.1) is 7.11 Å². The van der Waals surface area contributed by atoms with E-state index < -0.39 is 0 Å². The molecule has 0 radical (unpaired) electrons. The van der Waals surface area contributed by atoms with Gasteiger partial charge in [-0.15, -0.1) is 11.3 Å². The normalized spacial score (nSPS) is 9.81. The minimum atomic E-state index is 0.681. The van der Waals surface area contributed by atoms with Crippen LogP contribution in [0.2, 0.25) is 0 Å². The average molecular weight is 294 g/mol. The molecule has 0 aliphatic heterocycles. The number of rotatable bonds is 2. The van der Waals surface area contributed by atoms with Gasteiger partial charge in [0.1, 0.15) is 16.7 Å². The Bertz CT molecular complexity index is 556. The highest BCUT2D eigenvalue weighted by molar-refractivity contribution is 9.10. The molecule has 0 saturated carbocycles. The Morgan fingerprint density at radius 3 is 2.75 bits per heavy atom. The number of ether oxygens (including phenoxy) is 1. The molecular weight excluding hydrogens is 286 g/mol. The third-order valence-electron chi connectivity index (χ3n) is 2.16. The lowest BCUT2D eigenvalue weighted by Gasteiger charge is -2.05. The van der Waals surface area contributed by atoms with Gasteiger partial charge in [0, 0.05) is 14.9 Å². The fraction of sp³-hybridized carbons (Fsp3) is 0.0833. The van der Waals surface area contributed by atoms with E-state index in [9.17, 15) is 0 Å². The highest BCUT2D eigenvalue weighted by Gasteiger charge is 2.11. The van der Waals surface area contributed by atoms with Crippen molar-refractivity contribution in [3.8, 4) is 22.3 Å². The summed E-state index contributed by atoms with van der Waals surface area (Å²) in [5.41, 5.74) is 1.01. The van der Waals surface area contributed by atoms with Crippen molar-refractivity contribution < 1.29 is 4.74 Å². The number of halogens is 1. The zero-order chi connectivity index (χ0) is 11.5. The lowest BCUT2D eigenvalue weighted by molar-refractivity contribution is 0.416. The molecule has 2 aromatic rings. The van der Waals surface area contributed by atoms with Crippen LogP contribution in [0.1, 0.15) is 4.88 Å². The van der Waals surface area contributed by atoms with Crippen LogP contribution in [0.4, 0.5) is 0 Å². The molecule has 0 aliphatic carbocycles. The third-order valence-corrected chi connectivity index (χ3v) is 4.12. The first-order valence-electron chi connectivity index (χ1n) is 4.59. The van der Waals surface area contributed by atoms with Crippen LogP contribution in [0, 0.1) is 11.3 Å². The predicted molar refractivity (Wildman–Crippen MR) is 68.7 cm³/mol. The van der Waals surface area contributed by atoms with E-state index in [0.29, 0.717) is 4.88 Å². The number of benzene rings is 1. The van der Waals surface area contributed by atoms with Gasteiger partial charge in [-0.25, -0.2) is 0 Å². The van der Waals surface area contributed by atoms with Crippen LogP contribution < -0.4 is 4.74 Å². The fourth-order valence-corrected chi connectivity index (χ4v) is 3.02. The second-order valence-corrected chi connectivity index (χ2v) is 5.01. The summed E-state index contributed by atoms with van der Waals surface area (Å²) in [5, 5.41) is 8.90. The smallest absolute Gasteiger partial charge is 0.127 e. The number of nitrogens with zero attached hydrogens (tertiary/aromatic N) is 1. The SMILES string of the molecule is COc1ccccc1-c1cc(Br)c(C#N)s1. The molecule has 0 unspecified atom stereocenters. The van der Waals surface area contributed by atoms with Crippen molar-refractivity contribution >= 4 is 27.3 Å². The molecule has 0 fully saturated rings. The number of hydrogen-bond donors (Lipinski definition) is 0. The molecule has 4 heteroatoms. The molecule has 0 spiro atoms. The van der Waals surface area contributed by atoms with Gasteiger partial charge in [-0.05, 0) is 34.1 Å². The van der Waals surface area contributed by atoms with Gasteiger partial charge in [0.25, 0.3) is 0 Å². The van der Waals surface area contributed by atoms with E-state index in [2.05, 4.69) is 22.0 Å². The highest BCUT2D eigenvalue weighted by atomic mass is 79.9. The summed E-state index contributed by atoms with van der Waals surface area (Å²) in [4.78, 5) is 1.71. The fourth-order valence-electron chi connectivity index (χ4n) is 1.43. The number of thiophene rings is 1. The van der Waals surface area contributed by atoms with E-state index in [0.717, 1.165) is 20.7 Å². The molecule has 0 bridgehead atoms. The van der Waals surface area contributed by atoms with E-state index in [1.807, 2.05) is 30.3 Å². The lowest BCUT2D eigenvalue weighted by Crippen LogP contribution is -1.84. The minimum Gasteiger partial charge on any atom is -0.496 e. The van der Waals surface area contributed by atoms with Crippen molar-refractivity contribution in [3.05, 3.63) is 39.7 Å². The second-order valence-electron chi connectivity index (χ2n) is 3.10. The van der Waals surface area contributed by atoms with Gasteiger partial charge in [-0.1, -0.05) is 12.1 Å². The van der Waals surface area contributed by atoms with Gasteiger partial charge in [-0.3, -0.25) is 0 Å². The molecule has 2 nitrogen and oxygen atoms in total. The Morgan fingerprint density at radius 2 is 2.12 bits per heavy atom. The maximum atomic E-state index is 8.90. The maximum Gasteiger partial charge on any atom is 0.127 e. The molecule has 80 valence electrons. The topological polar surface area (TPSA) is 33.0 Å².